The van der Waals surface area contributed by atoms with Crippen LogP contribution in [0.2, 0.25) is 10.0 Å². The average Bonchev–Trinajstić information content (AvgIpc) is 3.20. The highest BCUT2D eigenvalue weighted by Gasteiger charge is 2.57. The van der Waals surface area contributed by atoms with E-state index in [2.05, 4.69) is 47.2 Å². The highest BCUT2D eigenvalue weighted by Crippen LogP contribution is 2.46. The van der Waals surface area contributed by atoms with Gasteiger partial charge in [0.1, 0.15) is 5.75 Å². The number of nitrogens with zero attached hydrogens (tertiary/aromatic N) is 6. The first-order valence-corrected chi connectivity index (χ1v) is 20.9. The Bertz CT molecular complexity index is 2170. The maximum Gasteiger partial charge on any atom is 0.234 e. The molecule has 296 valence electrons. The lowest BCUT2D eigenvalue weighted by Gasteiger charge is -2.62. The lowest BCUT2D eigenvalue weighted by molar-refractivity contribution is -0.166. The molecule has 0 bridgehead atoms. The number of anilines is 2. The fourth-order valence-electron chi connectivity index (χ4n) is 10.0. The molecule has 11 nitrogen and oxygen atoms in total. The number of hydrogen-bond acceptors (Lipinski definition) is 9. The molecule has 0 aliphatic carbocycles. The minimum atomic E-state index is -0.712. The molecule has 5 aliphatic rings. The van der Waals surface area contributed by atoms with E-state index in [4.69, 9.17) is 23.2 Å². The van der Waals surface area contributed by atoms with Crippen molar-refractivity contribution in [3.8, 4) is 17.0 Å². The number of carbonyl (C=O) groups excluding carboxylic acids is 3. The second-order valence-electron chi connectivity index (χ2n) is 16.9. The van der Waals surface area contributed by atoms with E-state index in [1.165, 1.54) is 5.69 Å². The Hall–Kier alpha value is -4.71. The van der Waals surface area contributed by atoms with Crippen LogP contribution in [0.1, 0.15) is 55.6 Å². The van der Waals surface area contributed by atoms with Gasteiger partial charge in [0.2, 0.25) is 17.7 Å². The summed E-state index contributed by atoms with van der Waals surface area (Å²) in [7, 11) is 0. The molecule has 13 heteroatoms. The van der Waals surface area contributed by atoms with Gasteiger partial charge in [0, 0.05) is 82.0 Å². The summed E-state index contributed by atoms with van der Waals surface area (Å²) in [6.45, 7) is 8.02. The van der Waals surface area contributed by atoms with Crippen molar-refractivity contribution < 1.29 is 19.5 Å². The van der Waals surface area contributed by atoms with Gasteiger partial charge in [-0.05, 0) is 91.6 Å². The molecule has 9 rings (SSSR count). The molecular formula is C44H47Cl2N7O4. The van der Waals surface area contributed by atoms with E-state index in [0.29, 0.717) is 66.0 Å². The Kier molecular flexibility index (Phi) is 10.1. The van der Waals surface area contributed by atoms with Crippen LogP contribution in [0.15, 0.2) is 79.0 Å². The third-order valence-electron chi connectivity index (χ3n) is 13.2. The number of benzene rings is 3. The fraction of sp³-hybridized carbons (Fsp3) is 0.432. The van der Waals surface area contributed by atoms with Gasteiger partial charge < -0.3 is 24.7 Å². The monoisotopic (exact) mass is 807 g/mol. The second-order valence-corrected chi connectivity index (χ2v) is 17.7. The maximum absolute atomic E-state index is 14.7. The molecule has 0 saturated carbocycles. The SMILES string of the molecule is O=C1CC[C@@H](c2ccc(N3CCC(CN4CC5(C4)CN(C(=O)C4(c6ccc(Cl)c(Cl)c6)CCN(c6cnnc(-c7ccccc7O)c6)CC4)C5)CC3)cc2)C(=O)N1. The fourth-order valence-corrected chi connectivity index (χ4v) is 10.3. The molecule has 3 aromatic carbocycles. The molecule has 0 radical (unpaired) electrons. The molecule has 6 heterocycles. The van der Waals surface area contributed by atoms with Crippen molar-refractivity contribution in [3.05, 3.63) is 100 Å². The largest absolute Gasteiger partial charge is 0.507 e. The summed E-state index contributed by atoms with van der Waals surface area (Å²) in [6, 6.07) is 23.0. The van der Waals surface area contributed by atoms with Gasteiger partial charge in [-0.3, -0.25) is 19.7 Å². The summed E-state index contributed by atoms with van der Waals surface area (Å²) >= 11 is 12.9. The van der Waals surface area contributed by atoms with Crippen molar-refractivity contribution in [3.63, 3.8) is 0 Å². The smallest absolute Gasteiger partial charge is 0.234 e. The number of likely N-dealkylation sites (tertiary alicyclic amines) is 2. The van der Waals surface area contributed by atoms with Crippen LogP contribution in [-0.2, 0) is 19.8 Å². The highest BCUT2D eigenvalue weighted by molar-refractivity contribution is 6.42. The molecule has 3 amide bonds. The number of para-hydroxylation sites is 1. The zero-order valence-electron chi connectivity index (χ0n) is 31.9. The summed E-state index contributed by atoms with van der Waals surface area (Å²) in [5.74, 6) is 0.336. The van der Waals surface area contributed by atoms with E-state index in [9.17, 15) is 19.5 Å². The quantitative estimate of drug-likeness (QED) is 0.198. The first-order valence-electron chi connectivity index (χ1n) is 20.1. The van der Waals surface area contributed by atoms with E-state index >= 15 is 0 Å². The van der Waals surface area contributed by atoms with Crippen LogP contribution < -0.4 is 15.1 Å². The van der Waals surface area contributed by atoms with Crippen LogP contribution in [-0.4, -0.2) is 102 Å². The highest BCUT2D eigenvalue weighted by atomic mass is 35.5. The van der Waals surface area contributed by atoms with Gasteiger partial charge in [0.25, 0.3) is 0 Å². The van der Waals surface area contributed by atoms with Crippen molar-refractivity contribution in [1.82, 2.24) is 25.3 Å². The third-order valence-corrected chi connectivity index (χ3v) is 13.9. The first kappa shape index (κ1) is 37.8. The number of piperidine rings is 3. The standard InChI is InChI=1S/C44H47Cl2N7O4/c45-36-11-7-31(21-37(36)46)44(15-19-52(20-16-44)33-22-38(49-47-23-33)35-3-1-2-4-39(35)54)42(57)53-27-43(28-53)25-50(26-43)24-29-13-17-51(18-14-29)32-8-5-30(6-9-32)34-10-12-40(55)48-41(34)56/h1-9,11,21-23,29,34,54H,10,12-20,24-28H2,(H,48,55,56)/t34-/m0/s1. The van der Waals surface area contributed by atoms with Crippen LogP contribution >= 0.6 is 23.2 Å². The predicted octanol–water partition coefficient (Wildman–Crippen LogP) is 6.28. The number of phenolic OH excluding ortho intramolecular Hbond substituents is 1. The molecule has 57 heavy (non-hydrogen) atoms. The summed E-state index contributed by atoms with van der Waals surface area (Å²) in [5.41, 5.74) is 4.66. The van der Waals surface area contributed by atoms with E-state index in [0.717, 1.165) is 75.5 Å². The topological polar surface area (TPSA) is 122 Å². The van der Waals surface area contributed by atoms with Crippen LogP contribution in [0.25, 0.3) is 11.3 Å². The van der Waals surface area contributed by atoms with Gasteiger partial charge >= 0.3 is 0 Å². The Labute approximate surface area is 342 Å². The minimum absolute atomic E-state index is 0.156. The zero-order chi connectivity index (χ0) is 39.3. The molecule has 2 N–H and O–H groups in total. The summed E-state index contributed by atoms with van der Waals surface area (Å²) < 4.78 is 0. The predicted molar refractivity (Wildman–Crippen MR) is 221 cm³/mol. The lowest BCUT2D eigenvalue weighted by atomic mass is 9.67. The molecule has 1 aromatic heterocycles. The molecule has 5 fully saturated rings. The number of hydrogen-bond donors (Lipinski definition) is 2. The Balaban J connectivity index is 0.788. The van der Waals surface area contributed by atoms with Crippen LogP contribution in [0, 0.1) is 11.3 Å². The number of aromatic nitrogens is 2. The molecule has 0 unspecified atom stereocenters. The number of phenols is 1. The van der Waals surface area contributed by atoms with Crippen molar-refractivity contribution in [1.29, 1.82) is 0 Å². The molecule has 1 spiro atoms. The minimum Gasteiger partial charge on any atom is -0.507 e. The van der Waals surface area contributed by atoms with Crippen molar-refractivity contribution in [2.24, 2.45) is 11.3 Å². The number of halogens is 2. The summed E-state index contributed by atoms with van der Waals surface area (Å²) in [6.07, 6.45) is 6.21. The number of imide groups is 1. The Morgan fingerprint density at radius 1 is 0.825 bits per heavy atom. The Morgan fingerprint density at radius 3 is 2.25 bits per heavy atom. The van der Waals surface area contributed by atoms with Crippen LogP contribution in [0.5, 0.6) is 5.75 Å². The average molecular weight is 809 g/mol. The van der Waals surface area contributed by atoms with Crippen LogP contribution in [0.3, 0.4) is 0 Å². The maximum atomic E-state index is 14.7. The number of aromatic hydroxyl groups is 1. The van der Waals surface area contributed by atoms with Gasteiger partial charge in [-0.2, -0.15) is 10.2 Å². The van der Waals surface area contributed by atoms with Crippen molar-refractivity contribution in [2.45, 2.75) is 49.9 Å². The van der Waals surface area contributed by atoms with Gasteiger partial charge in [-0.25, -0.2) is 0 Å². The molecule has 5 aliphatic heterocycles. The van der Waals surface area contributed by atoms with E-state index in [1.54, 1.807) is 24.4 Å². The van der Waals surface area contributed by atoms with Crippen molar-refractivity contribution >= 4 is 52.3 Å². The van der Waals surface area contributed by atoms with Gasteiger partial charge in [-0.15, -0.1) is 0 Å². The number of rotatable bonds is 8. The number of carbonyl (C=O) groups is 3. The van der Waals surface area contributed by atoms with E-state index in [-0.39, 0.29) is 34.8 Å². The lowest BCUT2D eigenvalue weighted by Crippen LogP contribution is -2.74. The molecular weight excluding hydrogens is 761 g/mol. The first-order chi connectivity index (χ1) is 27.6. The third kappa shape index (κ3) is 7.34. The molecule has 1 atom stereocenters. The van der Waals surface area contributed by atoms with E-state index in [1.807, 2.05) is 42.5 Å². The zero-order valence-corrected chi connectivity index (χ0v) is 33.4. The molecule has 4 aromatic rings. The van der Waals surface area contributed by atoms with Gasteiger partial charge in [0.05, 0.1) is 39.0 Å². The van der Waals surface area contributed by atoms with Crippen LogP contribution in [0.4, 0.5) is 11.4 Å². The molecule has 5 saturated heterocycles. The number of nitrogens with one attached hydrogen (secondary N) is 1. The van der Waals surface area contributed by atoms with E-state index < -0.39 is 5.41 Å². The van der Waals surface area contributed by atoms with Gasteiger partial charge in [-0.1, -0.05) is 53.5 Å². The number of amides is 3. The Morgan fingerprint density at radius 2 is 1.54 bits per heavy atom. The van der Waals surface area contributed by atoms with Gasteiger partial charge in [0.15, 0.2) is 0 Å². The normalized spacial score (nSPS) is 22.2. The van der Waals surface area contributed by atoms with Crippen molar-refractivity contribution in [2.75, 3.05) is 68.7 Å². The summed E-state index contributed by atoms with van der Waals surface area (Å²) in [4.78, 5) is 47.9. The summed E-state index contributed by atoms with van der Waals surface area (Å²) in [5, 5.41) is 22.4. The second kappa shape index (κ2) is 15.2.